The van der Waals surface area contributed by atoms with Gasteiger partial charge in [-0.15, -0.1) is 11.3 Å². The van der Waals surface area contributed by atoms with Gasteiger partial charge < -0.3 is 14.7 Å². The molecule has 1 aliphatic carbocycles. The predicted octanol–water partition coefficient (Wildman–Crippen LogP) is 4.15. The lowest BCUT2D eigenvalue weighted by Crippen LogP contribution is -2.44. The summed E-state index contributed by atoms with van der Waals surface area (Å²) in [6, 6.07) is 17.6. The van der Waals surface area contributed by atoms with Gasteiger partial charge in [-0.25, -0.2) is 8.42 Å². The molecular formula is C27H27ClN2O6S2. The van der Waals surface area contributed by atoms with Gasteiger partial charge in [-0.1, -0.05) is 48.0 Å². The molecule has 2 aliphatic rings. The molecule has 1 aromatic heterocycles. The Morgan fingerprint density at radius 1 is 1.11 bits per heavy atom. The summed E-state index contributed by atoms with van der Waals surface area (Å²) < 4.78 is 34.3. The smallest absolute Gasteiger partial charge is 0.325 e. The number of benzene rings is 2. The molecule has 2 atom stereocenters. The van der Waals surface area contributed by atoms with Crippen molar-refractivity contribution >= 4 is 44.8 Å². The summed E-state index contributed by atoms with van der Waals surface area (Å²) in [5.74, 6) is -1.67. The van der Waals surface area contributed by atoms with Crippen molar-refractivity contribution in [2.75, 3.05) is 26.3 Å². The lowest BCUT2D eigenvalue weighted by atomic mass is 10.0. The number of hydrogen-bond acceptors (Lipinski definition) is 6. The summed E-state index contributed by atoms with van der Waals surface area (Å²) in [4.78, 5) is 27.3. The van der Waals surface area contributed by atoms with Crippen molar-refractivity contribution < 1.29 is 27.9 Å². The Morgan fingerprint density at radius 2 is 1.84 bits per heavy atom. The molecule has 2 heterocycles. The number of thiophene rings is 1. The van der Waals surface area contributed by atoms with Crippen molar-refractivity contribution in [3.8, 4) is 10.4 Å². The number of nitrogens with zero attached hydrogens (tertiary/aromatic N) is 1. The number of nitrogens with one attached hydrogen (secondary N) is 1. The minimum atomic E-state index is -4.08. The van der Waals surface area contributed by atoms with Gasteiger partial charge >= 0.3 is 5.97 Å². The number of aliphatic carboxylic acids is 1. The van der Waals surface area contributed by atoms with Crippen molar-refractivity contribution in [3.63, 3.8) is 0 Å². The number of carboxylic acids is 1. The van der Waals surface area contributed by atoms with E-state index in [2.05, 4.69) is 4.72 Å². The maximum atomic E-state index is 13.2. The molecule has 1 aliphatic heterocycles. The van der Waals surface area contributed by atoms with Crippen LogP contribution in [0, 0.1) is 0 Å². The van der Waals surface area contributed by atoms with Crippen molar-refractivity contribution in [3.05, 3.63) is 76.8 Å². The van der Waals surface area contributed by atoms with E-state index in [1.54, 1.807) is 41.3 Å². The SMILES string of the molecule is O=C(CCc1cccc([C@@H]2C[C@]2(NS(=O)(=O)c2ccc(-c3ccc(Cl)cc3)s2)C(=O)O)c1)N1CCOCC1. The van der Waals surface area contributed by atoms with Gasteiger partial charge in [0.15, 0.2) is 0 Å². The summed E-state index contributed by atoms with van der Waals surface area (Å²) >= 11 is 7.01. The van der Waals surface area contributed by atoms with E-state index < -0.39 is 27.4 Å². The Kier molecular flexibility index (Phi) is 7.61. The van der Waals surface area contributed by atoms with Crippen LogP contribution in [0.4, 0.5) is 0 Å². The Bertz CT molecular complexity index is 1450. The first kappa shape index (κ1) is 26.8. The van der Waals surface area contributed by atoms with Crippen molar-refractivity contribution in [1.29, 1.82) is 0 Å². The second-order valence-electron chi connectivity index (χ2n) is 9.50. The molecular weight excluding hydrogens is 548 g/mol. The van der Waals surface area contributed by atoms with Crippen LogP contribution in [0.3, 0.4) is 0 Å². The second kappa shape index (κ2) is 10.8. The van der Waals surface area contributed by atoms with E-state index in [-0.39, 0.29) is 16.5 Å². The van der Waals surface area contributed by atoms with Crippen molar-refractivity contribution in [1.82, 2.24) is 9.62 Å². The van der Waals surface area contributed by atoms with Gasteiger partial charge in [0.1, 0.15) is 9.75 Å². The standard InChI is InChI=1S/C27H27ClN2O6S2/c28-21-7-5-19(6-8-21)23-9-11-25(37-23)38(34,35)29-27(26(32)33)17-22(27)20-3-1-2-18(16-20)4-10-24(31)30-12-14-36-15-13-30/h1-3,5-9,11,16,22,29H,4,10,12-15,17H2,(H,32,33)/t22-,27+/m0/s1. The third-order valence-corrected chi connectivity index (χ3v) is 10.4. The van der Waals surface area contributed by atoms with Gasteiger partial charge in [-0.05, 0) is 53.8 Å². The molecule has 38 heavy (non-hydrogen) atoms. The zero-order valence-corrected chi connectivity index (χ0v) is 22.8. The molecule has 0 spiro atoms. The van der Waals surface area contributed by atoms with E-state index in [0.717, 1.165) is 32.9 Å². The molecule has 1 saturated heterocycles. The molecule has 1 saturated carbocycles. The average molecular weight is 575 g/mol. The van der Waals surface area contributed by atoms with Gasteiger partial charge in [0.05, 0.1) is 13.2 Å². The Hall–Kier alpha value is -2.76. The zero-order valence-electron chi connectivity index (χ0n) is 20.4. The summed E-state index contributed by atoms with van der Waals surface area (Å²) in [6.07, 6.45) is 1.01. The molecule has 0 radical (unpaired) electrons. The number of carbonyl (C=O) groups is 2. The minimum Gasteiger partial charge on any atom is -0.480 e. The van der Waals surface area contributed by atoms with Crippen LogP contribution in [0.5, 0.6) is 0 Å². The van der Waals surface area contributed by atoms with Gasteiger partial charge in [0, 0.05) is 35.3 Å². The highest BCUT2D eigenvalue weighted by Crippen LogP contribution is 2.53. The van der Waals surface area contributed by atoms with Gasteiger partial charge in [0.2, 0.25) is 5.91 Å². The molecule has 0 unspecified atom stereocenters. The fourth-order valence-electron chi connectivity index (χ4n) is 4.77. The summed E-state index contributed by atoms with van der Waals surface area (Å²) in [5, 5.41) is 10.6. The molecule has 8 nitrogen and oxygen atoms in total. The van der Waals surface area contributed by atoms with Gasteiger partial charge in [-0.3, -0.25) is 9.59 Å². The maximum absolute atomic E-state index is 13.2. The number of morpholine rings is 1. The van der Waals surface area contributed by atoms with Crippen LogP contribution in [-0.2, 0) is 30.8 Å². The molecule has 11 heteroatoms. The summed E-state index contributed by atoms with van der Waals surface area (Å²) in [5.41, 5.74) is 0.844. The number of rotatable bonds is 9. The number of sulfonamides is 1. The largest absolute Gasteiger partial charge is 0.480 e. The molecule has 3 aromatic rings. The number of halogens is 1. The number of carbonyl (C=O) groups excluding carboxylic acids is 1. The fraction of sp³-hybridized carbons (Fsp3) is 0.333. The van der Waals surface area contributed by atoms with E-state index in [1.807, 2.05) is 18.2 Å². The number of ether oxygens (including phenoxy) is 1. The molecule has 2 fully saturated rings. The average Bonchev–Trinajstić information content (AvgIpc) is 3.41. The molecule has 5 rings (SSSR count). The highest BCUT2D eigenvalue weighted by molar-refractivity contribution is 7.91. The van der Waals surface area contributed by atoms with Crippen LogP contribution in [0.15, 0.2) is 64.9 Å². The first-order chi connectivity index (χ1) is 18.2. The fourth-order valence-corrected chi connectivity index (χ4v) is 7.61. The van der Waals surface area contributed by atoms with Crippen LogP contribution in [0.2, 0.25) is 5.02 Å². The minimum absolute atomic E-state index is 0.0455. The predicted molar refractivity (Wildman–Crippen MR) is 145 cm³/mol. The first-order valence-corrected chi connectivity index (χ1v) is 14.9. The van der Waals surface area contributed by atoms with E-state index in [9.17, 15) is 23.1 Å². The molecule has 2 aromatic carbocycles. The van der Waals surface area contributed by atoms with E-state index in [1.165, 1.54) is 6.07 Å². The zero-order chi connectivity index (χ0) is 26.9. The number of amides is 1. The number of hydrogen-bond donors (Lipinski definition) is 2. The van der Waals surface area contributed by atoms with Crippen molar-refractivity contribution in [2.24, 2.45) is 0 Å². The summed E-state index contributed by atoms with van der Waals surface area (Å²) in [7, 11) is -4.08. The first-order valence-electron chi connectivity index (χ1n) is 12.3. The Morgan fingerprint density at radius 3 is 2.55 bits per heavy atom. The Balaban J connectivity index is 1.28. The molecule has 200 valence electrons. The van der Waals surface area contributed by atoms with E-state index in [0.29, 0.717) is 44.2 Å². The monoisotopic (exact) mass is 574 g/mol. The highest BCUT2D eigenvalue weighted by Gasteiger charge is 2.63. The third-order valence-electron chi connectivity index (χ3n) is 6.98. The van der Waals surface area contributed by atoms with Crippen LogP contribution in [0.25, 0.3) is 10.4 Å². The summed E-state index contributed by atoms with van der Waals surface area (Å²) in [6.45, 7) is 2.27. The van der Waals surface area contributed by atoms with Crippen LogP contribution in [0.1, 0.15) is 29.9 Å². The van der Waals surface area contributed by atoms with Gasteiger partial charge in [0.25, 0.3) is 10.0 Å². The molecule has 2 N–H and O–H groups in total. The topological polar surface area (TPSA) is 113 Å². The molecule has 1 amide bonds. The van der Waals surface area contributed by atoms with E-state index in [4.69, 9.17) is 16.3 Å². The lowest BCUT2D eigenvalue weighted by Gasteiger charge is -2.26. The third kappa shape index (κ3) is 5.64. The lowest BCUT2D eigenvalue weighted by molar-refractivity contribution is -0.140. The Labute approximate surface area is 230 Å². The van der Waals surface area contributed by atoms with Gasteiger partial charge in [-0.2, -0.15) is 4.72 Å². The maximum Gasteiger partial charge on any atom is 0.325 e. The normalized spacial score (nSPS) is 21.3. The number of aryl methyl sites for hydroxylation is 1. The van der Waals surface area contributed by atoms with Crippen LogP contribution >= 0.6 is 22.9 Å². The van der Waals surface area contributed by atoms with E-state index >= 15 is 0 Å². The second-order valence-corrected chi connectivity index (χ2v) is 12.9. The van der Waals surface area contributed by atoms with Crippen LogP contribution in [-0.4, -0.2) is 62.1 Å². The van der Waals surface area contributed by atoms with Crippen molar-refractivity contribution in [2.45, 2.75) is 34.9 Å². The molecule has 0 bridgehead atoms. The highest BCUT2D eigenvalue weighted by atomic mass is 35.5. The number of carboxylic acid groups (broad SMARTS) is 1. The van der Waals surface area contributed by atoms with Crippen LogP contribution < -0.4 is 4.72 Å². The quantitative estimate of drug-likeness (QED) is 0.397.